The summed E-state index contributed by atoms with van der Waals surface area (Å²) in [5.74, 6) is -1.30. The van der Waals surface area contributed by atoms with Crippen LogP contribution in [0.25, 0.3) is 22.3 Å². The first-order valence-corrected chi connectivity index (χ1v) is 15.2. The van der Waals surface area contributed by atoms with Crippen molar-refractivity contribution in [2.24, 2.45) is 7.05 Å². The highest BCUT2D eigenvalue weighted by Crippen LogP contribution is 2.43. The number of nitrogens with zero attached hydrogens (tertiary/aromatic N) is 3. The van der Waals surface area contributed by atoms with Gasteiger partial charge in [-0.2, -0.15) is 5.10 Å². The molecule has 46 heavy (non-hydrogen) atoms. The second-order valence-electron chi connectivity index (χ2n) is 11.5. The molecule has 4 aromatic rings. The van der Waals surface area contributed by atoms with Crippen molar-refractivity contribution in [2.75, 3.05) is 26.3 Å². The first-order valence-electron chi connectivity index (χ1n) is 15.2. The van der Waals surface area contributed by atoms with Crippen LogP contribution in [0.4, 0.5) is 4.39 Å². The Labute approximate surface area is 265 Å². The number of fused-ring (bicyclic) bond motifs is 1. The zero-order valence-corrected chi connectivity index (χ0v) is 25.8. The van der Waals surface area contributed by atoms with E-state index in [2.05, 4.69) is 5.10 Å². The summed E-state index contributed by atoms with van der Waals surface area (Å²) < 4.78 is 34.6. The number of likely N-dealkylation sites (tertiary alicyclic amines) is 1. The quantitative estimate of drug-likeness (QED) is 0.252. The molecule has 0 bridgehead atoms. The molecule has 3 heterocycles. The number of carbonyl (C=O) groups is 3. The number of benzene rings is 3. The van der Waals surface area contributed by atoms with E-state index in [1.807, 2.05) is 31.4 Å². The number of ether oxygens (including phenoxy) is 3. The van der Waals surface area contributed by atoms with Crippen LogP contribution in [-0.2, 0) is 7.05 Å². The predicted octanol–water partition coefficient (Wildman–Crippen LogP) is 6.03. The number of hydrogen-bond donors (Lipinski definition) is 1. The second kappa shape index (κ2) is 12.3. The van der Waals surface area contributed by atoms with E-state index in [9.17, 15) is 23.9 Å². The molecule has 1 amide bonds. The maximum absolute atomic E-state index is 14.7. The minimum atomic E-state index is -1.37. The Kier molecular flexibility index (Phi) is 8.24. The minimum Gasteiger partial charge on any atom is -0.493 e. The first-order chi connectivity index (χ1) is 22.1. The summed E-state index contributed by atoms with van der Waals surface area (Å²) in [6.45, 7) is 4.89. The van der Waals surface area contributed by atoms with Gasteiger partial charge in [0.1, 0.15) is 28.7 Å². The van der Waals surface area contributed by atoms with E-state index in [4.69, 9.17) is 14.2 Å². The maximum atomic E-state index is 14.7. The largest absolute Gasteiger partial charge is 0.493 e. The van der Waals surface area contributed by atoms with Gasteiger partial charge in [-0.3, -0.25) is 14.3 Å². The first kappa shape index (κ1) is 30.8. The van der Waals surface area contributed by atoms with Crippen LogP contribution in [0.15, 0.2) is 60.9 Å². The average molecular weight is 628 g/mol. The Balaban J connectivity index is 1.22. The second-order valence-corrected chi connectivity index (χ2v) is 11.5. The Hall–Kier alpha value is -5.19. The number of carboxylic acid groups (broad SMARTS) is 1. The standard InChI is InChI=1S/C35H34FN3O7/c1-4-44-30-16-23(17-31(45-5-2)32(30)22-6-8-25(34(42)43)27(36)15-22)33(41)39-12-10-35(11-13-39)18-28(40)26-14-21(7-9-29(26)46-35)24-19-37-38(3)20-24/h6-9,14-17,19-20H,4-5,10-13,18H2,1-3H3,(H,42,43). The molecule has 10 nitrogen and oxygen atoms in total. The zero-order chi connectivity index (χ0) is 32.6. The molecule has 1 aromatic heterocycles. The molecular formula is C35H34FN3O7. The van der Waals surface area contributed by atoms with Gasteiger partial charge in [0.25, 0.3) is 5.91 Å². The van der Waals surface area contributed by atoms with E-state index >= 15 is 0 Å². The number of carboxylic acids is 1. The van der Waals surface area contributed by atoms with E-state index < -0.39 is 23.0 Å². The Morgan fingerprint density at radius 2 is 1.65 bits per heavy atom. The summed E-state index contributed by atoms with van der Waals surface area (Å²) in [5, 5.41) is 13.5. The highest BCUT2D eigenvalue weighted by Gasteiger charge is 2.44. The molecule has 0 saturated carbocycles. The SMILES string of the molecule is CCOc1cc(C(=O)N2CCC3(CC2)CC(=O)c2cc(-c4cnn(C)c4)ccc2O3)cc(OCC)c1-c1ccc(C(=O)O)c(F)c1. The third kappa shape index (κ3) is 5.80. The molecule has 6 rings (SSSR count). The summed E-state index contributed by atoms with van der Waals surface area (Å²) in [7, 11) is 1.84. The van der Waals surface area contributed by atoms with Crippen molar-refractivity contribution < 1.29 is 38.1 Å². The van der Waals surface area contributed by atoms with E-state index in [1.165, 1.54) is 12.1 Å². The lowest BCUT2D eigenvalue weighted by atomic mass is 9.82. The number of hydrogen-bond acceptors (Lipinski definition) is 7. The van der Waals surface area contributed by atoms with E-state index in [-0.39, 0.29) is 31.3 Å². The van der Waals surface area contributed by atoms with Crippen LogP contribution in [0.1, 0.15) is 64.2 Å². The number of Topliss-reactive ketones (excluding diaryl/α,β-unsaturated/α-hetero) is 1. The van der Waals surface area contributed by atoms with Crippen molar-refractivity contribution in [2.45, 2.75) is 38.7 Å². The van der Waals surface area contributed by atoms with Gasteiger partial charge in [-0.25, -0.2) is 9.18 Å². The van der Waals surface area contributed by atoms with Gasteiger partial charge in [0.15, 0.2) is 5.78 Å². The number of ketones is 1. The smallest absolute Gasteiger partial charge is 0.338 e. The molecule has 1 spiro atoms. The molecule has 1 saturated heterocycles. The summed E-state index contributed by atoms with van der Waals surface area (Å²) in [5.41, 5.74) is 2.34. The Morgan fingerprint density at radius 3 is 2.24 bits per heavy atom. The van der Waals surface area contributed by atoms with Gasteiger partial charge in [0.05, 0.1) is 42.5 Å². The summed E-state index contributed by atoms with van der Waals surface area (Å²) >= 11 is 0. The molecule has 2 aliphatic rings. The third-order valence-corrected chi connectivity index (χ3v) is 8.49. The van der Waals surface area contributed by atoms with Gasteiger partial charge in [-0.05, 0) is 61.4 Å². The third-order valence-electron chi connectivity index (χ3n) is 8.49. The van der Waals surface area contributed by atoms with Gasteiger partial charge in [-0.1, -0.05) is 12.1 Å². The molecule has 11 heteroatoms. The van der Waals surface area contributed by atoms with Crippen LogP contribution < -0.4 is 14.2 Å². The van der Waals surface area contributed by atoms with E-state index in [0.717, 1.165) is 17.2 Å². The van der Waals surface area contributed by atoms with Crippen molar-refractivity contribution >= 4 is 17.7 Å². The fourth-order valence-corrected chi connectivity index (χ4v) is 6.20. The van der Waals surface area contributed by atoms with E-state index in [1.54, 1.807) is 41.8 Å². The van der Waals surface area contributed by atoms with Crippen molar-refractivity contribution in [3.05, 3.63) is 83.4 Å². The number of amides is 1. The number of halogens is 1. The van der Waals surface area contributed by atoms with Crippen LogP contribution in [-0.4, -0.2) is 69.4 Å². The van der Waals surface area contributed by atoms with Gasteiger partial charge < -0.3 is 24.2 Å². The maximum Gasteiger partial charge on any atom is 0.338 e. The lowest BCUT2D eigenvalue weighted by Gasteiger charge is -2.44. The number of aromatic nitrogens is 2. The fourth-order valence-electron chi connectivity index (χ4n) is 6.20. The number of rotatable bonds is 8. The van der Waals surface area contributed by atoms with Gasteiger partial charge in [0.2, 0.25) is 0 Å². The summed E-state index contributed by atoms with van der Waals surface area (Å²) in [6, 6.07) is 12.6. The highest BCUT2D eigenvalue weighted by molar-refractivity contribution is 6.02. The minimum absolute atomic E-state index is 0.0119. The van der Waals surface area contributed by atoms with Crippen molar-refractivity contribution in [1.82, 2.24) is 14.7 Å². The number of piperidine rings is 1. The predicted molar refractivity (Wildman–Crippen MR) is 167 cm³/mol. The Morgan fingerprint density at radius 1 is 0.978 bits per heavy atom. The molecule has 3 aromatic carbocycles. The monoisotopic (exact) mass is 627 g/mol. The summed E-state index contributed by atoms with van der Waals surface area (Å²) in [6.07, 6.45) is 4.85. The molecule has 0 atom stereocenters. The van der Waals surface area contributed by atoms with Crippen molar-refractivity contribution in [3.63, 3.8) is 0 Å². The van der Waals surface area contributed by atoms with Crippen molar-refractivity contribution in [1.29, 1.82) is 0 Å². The van der Waals surface area contributed by atoms with Crippen LogP contribution >= 0.6 is 0 Å². The topological polar surface area (TPSA) is 120 Å². The number of aryl methyl sites for hydroxylation is 1. The molecule has 238 valence electrons. The summed E-state index contributed by atoms with van der Waals surface area (Å²) in [4.78, 5) is 40.2. The van der Waals surface area contributed by atoms with Gasteiger partial charge >= 0.3 is 5.97 Å². The van der Waals surface area contributed by atoms with E-state index in [0.29, 0.717) is 65.4 Å². The lowest BCUT2D eigenvalue weighted by molar-refractivity contribution is -0.00573. The molecular weight excluding hydrogens is 593 g/mol. The Bertz CT molecular complexity index is 1810. The van der Waals surface area contributed by atoms with Gasteiger partial charge in [-0.15, -0.1) is 0 Å². The molecule has 1 fully saturated rings. The average Bonchev–Trinajstić information content (AvgIpc) is 3.47. The molecule has 1 N–H and O–H groups in total. The molecule has 0 radical (unpaired) electrons. The van der Waals surface area contributed by atoms with Crippen LogP contribution in [0, 0.1) is 5.82 Å². The fraction of sp³-hybridized carbons (Fsp3) is 0.314. The van der Waals surface area contributed by atoms with Crippen LogP contribution in [0.5, 0.6) is 17.2 Å². The van der Waals surface area contributed by atoms with Crippen LogP contribution in [0.3, 0.4) is 0 Å². The van der Waals surface area contributed by atoms with Gasteiger partial charge in [0, 0.05) is 50.3 Å². The van der Waals surface area contributed by atoms with Crippen molar-refractivity contribution in [3.8, 4) is 39.5 Å². The molecule has 0 aliphatic carbocycles. The molecule has 0 unspecified atom stereocenters. The number of carbonyl (C=O) groups excluding carboxylic acids is 2. The lowest BCUT2D eigenvalue weighted by Crippen LogP contribution is -2.52. The zero-order valence-electron chi connectivity index (χ0n) is 25.8. The van der Waals surface area contributed by atoms with Crippen LogP contribution in [0.2, 0.25) is 0 Å². The number of aromatic carboxylic acids is 1. The highest BCUT2D eigenvalue weighted by atomic mass is 19.1. The normalized spacial score (nSPS) is 15.3. The molecule has 2 aliphatic heterocycles.